The van der Waals surface area contributed by atoms with Gasteiger partial charge in [-0.1, -0.05) is 0 Å². The van der Waals surface area contributed by atoms with Gasteiger partial charge in [-0.15, -0.1) is 0 Å². The van der Waals surface area contributed by atoms with Crippen LogP contribution in [-0.2, 0) is 23.2 Å². The second-order valence-electron chi connectivity index (χ2n) is 5.76. The third-order valence-corrected chi connectivity index (χ3v) is 4.01. The minimum absolute atomic E-state index is 0.0936. The Morgan fingerprint density at radius 2 is 2.25 bits per heavy atom. The zero-order chi connectivity index (χ0) is 16.9. The first-order chi connectivity index (χ1) is 11.6. The minimum atomic E-state index is -0.335. The molecule has 0 aliphatic carbocycles. The van der Waals surface area contributed by atoms with Crippen molar-refractivity contribution in [2.24, 2.45) is 7.05 Å². The molecule has 7 nitrogen and oxygen atoms in total. The Kier molecular flexibility index (Phi) is 5.12. The van der Waals surface area contributed by atoms with Gasteiger partial charge in [-0.05, 0) is 31.2 Å². The molecular formula is C17H22N4O3. The molecule has 1 amide bonds. The zero-order valence-corrected chi connectivity index (χ0v) is 13.9. The van der Waals surface area contributed by atoms with Crippen LogP contribution >= 0.6 is 0 Å². The molecule has 2 N–H and O–H groups in total. The van der Waals surface area contributed by atoms with Crippen LogP contribution in [-0.4, -0.2) is 40.8 Å². The number of benzene rings is 1. The summed E-state index contributed by atoms with van der Waals surface area (Å²) in [5.74, 6) is 1.48. The number of anilines is 1. The largest absolute Gasteiger partial charge is 0.486 e. The Morgan fingerprint density at radius 1 is 1.46 bits per heavy atom. The molecule has 0 unspecified atom stereocenters. The van der Waals surface area contributed by atoms with Crippen LogP contribution in [0.4, 0.5) is 5.69 Å². The van der Waals surface area contributed by atoms with Crippen LogP contribution in [0.15, 0.2) is 36.7 Å². The molecule has 0 saturated carbocycles. The highest BCUT2D eigenvalue weighted by Crippen LogP contribution is 2.17. The van der Waals surface area contributed by atoms with E-state index in [1.165, 1.54) is 0 Å². The second kappa shape index (κ2) is 7.46. The number of imidazole rings is 1. The van der Waals surface area contributed by atoms with Gasteiger partial charge in [0.15, 0.2) is 0 Å². The lowest BCUT2D eigenvalue weighted by molar-refractivity contribution is -0.123. The lowest BCUT2D eigenvalue weighted by atomic mass is 10.1. The van der Waals surface area contributed by atoms with Gasteiger partial charge in [-0.3, -0.25) is 4.79 Å². The van der Waals surface area contributed by atoms with Crippen molar-refractivity contribution in [2.45, 2.75) is 25.7 Å². The second-order valence-corrected chi connectivity index (χ2v) is 5.76. The summed E-state index contributed by atoms with van der Waals surface area (Å²) in [5, 5.41) is 6.07. The van der Waals surface area contributed by atoms with E-state index in [-0.39, 0.29) is 18.1 Å². The van der Waals surface area contributed by atoms with E-state index in [4.69, 9.17) is 9.47 Å². The van der Waals surface area contributed by atoms with Crippen LogP contribution in [0.25, 0.3) is 0 Å². The SMILES string of the molecule is C[C@H]1OCCN[C@@H]1C(=O)Nc1ccc(OCc2nccn2C)cc1. The first-order valence-corrected chi connectivity index (χ1v) is 7.98. The minimum Gasteiger partial charge on any atom is -0.486 e. The van der Waals surface area contributed by atoms with E-state index in [0.29, 0.717) is 19.8 Å². The van der Waals surface area contributed by atoms with Gasteiger partial charge in [0.25, 0.3) is 0 Å². The summed E-state index contributed by atoms with van der Waals surface area (Å²) >= 11 is 0. The molecule has 1 aromatic carbocycles. The summed E-state index contributed by atoms with van der Waals surface area (Å²) in [7, 11) is 1.92. The number of morpholine rings is 1. The molecule has 24 heavy (non-hydrogen) atoms. The molecule has 2 atom stereocenters. The Morgan fingerprint density at radius 3 is 2.92 bits per heavy atom. The number of hydrogen-bond donors (Lipinski definition) is 2. The molecule has 3 rings (SSSR count). The molecule has 7 heteroatoms. The highest BCUT2D eigenvalue weighted by molar-refractivity contribution is 5.95. The predicted octanol–water partition coefficient (Wildman–Crippen LogP) is 1.31. The van der Waals surface area contributed by atoms with Crippen molar-refractivity contribution in [3.63, 3.8) is 0 Å². The topological polar surface area (TPSA) is 77.4 Å². The molecule has 2 heterocycles. The van der Waals surface area contributed by atoms with Crippen molar-refractivity contribution >= 4 is 11.6 Å². The van der Waals surface area contributed by atoms with Crippen molar-refractivity contribution in [3.8, 4) is 5.75 Å². The average Bonchev–Trinajstić information content (AvgIpc) is 2.99. The van der Waals surface area contributed by atoms with Crippen molar-refractivity contribution in [3.05, 3.63) is 42.5 Å². The van der Waals surface area contributed by atoms with E-state index in [1.54, 1.807) is 6.20 Å². The van der Waals surface area contributed by atoms with E-state index in [1.807, 2.05) is 49.0 Å². The number of aryl methyl sites for hydroxylation is 1. The molecule has 0 radical (unpaired) electrons. The Balaban J connectivity index is 1.54. The molecule has 1 saturated heterocycles. The highest BCUT2D eigenvalue weighted by atomic mass is 16.5. The fraction of sp³-hybridized carbons (Fsp3) is 0.412. The number of amides is 1. The molecule has 1 aliphatic rings. The van der Waals surface area contributed by atoms with Crippen LogP contribution in [0, 0.1) is 0 Å². The standard InChI is InChI=1S/C17H22N4O3/c1-12-16(19-8-10-23-12)17(22)20-13-3-5-14(6-4-13)24-11-15-18-7-9-21(15)2/h3-7,9,12,16,19H,8,10-11H2,1-2H3,(H,20,22)/t12-,16+/m1/s1. The van der Waals surface area contributed by atoms with Gasteiger partial charge >= 0.3 is 0 Å². The average molecular weight is 330 g/mol. The number of ether oxygens (including phenoxy) is 2. The van der Waals surface area contributed by atoms with Crippen LogP contribution in [0.1, 0.15) is 12.7 Å². The quantitative estimate of drug-likeness (QED) is 0.864. The van der Waals surface area contributed by atoms with Crippen molar-refractivity contribution in [1.82, 2.24) is 14.9 Å². The Labute approximate surface area is 141 Å². The molecule has 1 aromatic heterocycles. The first kappa shape index (κ1) is 16.5. The third kappa shape index (κ3) is 3.93. The fourth-order valence-corrected chi connectivity index (χ4v) is 2.57. The predicted molar refractivity (Wildman–Crippen MR) is 89.8 cm³/mol. The molecule has 0 spiro atoms. The first-order valence-electron chi connectivity index (χ1n) is 7.98. The summed E-state index contributed by atoms with van der Waals surface area (Å²) in [6.45, 7) is 3.61. The van der Waals surface area contributed by atoms with Gasteiger partial charge < -0.3 is 24.7 Å². The van der Waals surface area contributed by atoms with E-state index in [9.17, 15) is 4.79 Å². The Hall–Kier alpha value is -2.38. The summed E-state index contributed by atoms with van der Waals surface area (Å²) < 4.78 is 13.1. The number of hydrogen-bond acceptors (Lipinski definition) is 5. The normalized spacial score (nSPS) is 20.6. The number of nitrogens with zero attached hydrogens (tertiary/aromatic N) is 2. The van der Waals surface area contributed by atoms with E-state index < -0.39 is 0 Å². The highest BCUT2D eigenvalue weighted by Gasteiger charge is 2.28. The van der Waals surface area contributed by atoms with Crippen molar-refractivity contribution < 1.29 is 14.3 Å². The summed E-state index contributed by atoms with van der Waals surface area (Å²) in [5.41, 5.74) is 0.726. The molecule has 0 bridgehead atoms. The maximum Gasteiger partial charge on any atom is 0.244 e. The maximum absolute atomic E-state index is 12.3. The number of rotatable bonds is 5. The van der Waals surface area contributed by atoms with Gasteiger partial charge in [0.2, 0.25) is 5.91 Å². The van der Waals surface area contributed by atoms with E-state index >= 15 is 0 Å². The van der Waals surface area contributed by atoms with Gasteiger partial charge in [0.05, 0.1) is 12.7 Å². The summed E-state index contributed by atoms with van der Waals surface area (Å²) in [6, 6.07) is 6.96. The van der Waals surface area contributed by atoms with Crippen molar-refractivity contribution in [1.29, 1.82) is 0 Å². The molecule has 1 aliphatic heterocycles. The molecular weight excluding hydrogens is 308 g/mol. The number of carbonyl (C=O) groups excluding carboxylic acids is 1. The molecule has 1 fully saturated rings. The van der Waals surface area contributed by atoms with Gasteiger partial charge in [0, 0.05) is 31.7 Å². The molecule has 128 valence electrons. The maximum atomic E-state index is 12.3. The zero-order valence-electron chi connectivity index (χ0n) is 13.9. The van der Waals surface area contributed by atoms with Crippen LogP contribution in [0.3, 0.4) is 0 Å². The fourth-order valence-electron chi connectivity index (χ4n) is 2.57. The molecule has 2 aromatic rings. The van der Waals surface area contributed by atoms with E-state index in [0.717, 1.165) is 17.3 Å². The lowest BCUT2D eigenvalue weighted by Crippen LogP contribution is -2.53. The van der Waals surface area contributed by atoms with Crippen LogP contribution < -0.4 is 15.4 Å². The third-order valence-electron chi connectivity index (χ3n) is 4.01. The van der Waals surface area contributed by atoms with E-state index in [2.05, 4.69) is 15.6 Å². The van der Waals surface area contributed by atoms with Gasteiger partial charge in [-0.2, -0.15) is 0 Å². The summed E-state index contributed by atoms with van der Waals surface area (Å²) in [6.07, 6.45) is 3.47. The van der Waals surface area contributed by atoms with Gasteiger partial charge in [-0.25, -0.2) is 4.98 Å². The number of nitrogens with one attached hydrogen (secondary N) is 2. The van der Waals surface area contributed by atoms with Crippen molar-refractivity contribution in [2.75, 3.05) is 18.5 Å². The number of carbonyl (C=O) groups is 1. The van der Waals surface area contributed by atoms with Gasteiger partial charge in [0.1, 0.15) is 24.2 Å². The lowest BCUT2D eigenvalue weighted by Gasteiger charge is -2.29. The smallest absolute Gasteiger partial charge is 0.244 e. The Bertz CT molecular complexity index is 683. The number of aromatic nitrogens is 2. The van der Waals surface area contributed by atoms with Crippen LogP contribution in [0.5, 0.6) is 5.75 Å². The monoisotopic (exact) mass is 330 g/mol. The van der Waals surface area contributed by atoms with Crippen LogP contribution in [0.2, 0.25) is 0 Å². The summed E-state index contributed by atoms with van der Waals surface area (Å²) in [4.78, 5) is 16.5.